The SMILES string of the molecule is CCOC(=O)c1cc(C)[nH]c1/C=C1\C(=O)Nc2ccc(CC(=O)NCCOCCN(C)C(=O)OC(C)(C)C)cc21.CS. The zero-order valence-corrected chi connectivity index (χ0v) is 26.3. The highest BCUT2D eigenvalue weighted by molar-refractivity contribution is 7.79. The molecule has 2 heterocycles. The van der Waals surface area contributed by atoms with Crippen molar-refractivity contribution in [2.24, 2.45) is 0 Å². The van der Waals surface area contributed by atoms with E-state index in [4.69, 9.17) is 14.2 Å². The van der Waals surface area contributed by atoms with Crippen molar-refractivity contribution < 1.29 is 33.4 Å². The maximum absolute atomic E-state index is 12.7. The van der Waals surface area contributed by atoms with Crippen LogP contribution in [0.4, 0.5) is 10.5 Å². The summed E-state index contributed by atoms with van der Waals surface area (Å²) in [4.78, 5) is 54.1. The molecule has 230 valence electrons. The van der Waals surface area contributed by atoms with E-state index in [1.54, 1.807) is 71.3 Å². The van der Waals surface area contributed by atoms with Gasteiger partial charge in [0.25, 0.3) is 5.91 Å². The van der Waals surface area contributed by atoms with Crippen LogP contribution in [0, 0.1) is 6.92 Å². The first-order chi connectivity index (χ1) is 19.9. The molecule has 1 aliphatic rings. The molecule has 1 aliphatic heterocycles. The van der Waals surface area contributed by atoms with Gasteiger partial charge in [-0.05, 0) is 70.7 Å². The van der Waals surface area contributed by atoms with Crippen LogP contribution in [0.25, 0.3) is 11.6 Å². The number of aromatic amines is 1. The molecule has 11 nitrogen and oxygen atoms in total. The Labute approximate surface area is 252 Å². The van der Waals surface area contributed by atoms with Gasteiger partial charge in [0.2, 0.25) is 5.91 Å². The second kappa shape index (κ2) is 16.0. The molecule has 12 heteroatoms. The van der Waals surface area contributed by atoms with Gasteiger partial charge in [-0.2, -0.15) is 12.6 Å². The third-order valence-corrected chi connectivity index (χ3v) is 5.84. The molecule has 0 aliphatic carbocycles. The lowest BCUT2D eigenvalue weighted by molar-refractivity contribution is -0.120. The molecule has 42 heavy (non-hydrogen) atoms. The van der Waals surface area contributed by atoms with Crippen molar-refractivity contribution >= 4 is 53.8 Å². The quantitative estimate of drug-likeness (QED) is 0.132. The fourth-order valence-electron chi connectivity index (χ4n) is 3.98. The number of hydrogen-bond acceptors (Lipinski definition) is 8. The Morgan fingerprint density at radius 3 is 2.50 bits per heavy atom. The molecule has 1 aromatic heterocycles. The summed E-state index contributed by atoms with van der Waals surface area (Å²) in [7, 11) is 1.64. The maximum Gasteiger partial charge on any atom is 0.410 e. The lowest BCUT2D eigenvalue weighted by Gasteiger charge is -2.24. The van der Waals surface area contributed by atoms with E-state index in [1.807, 2.05) is 6.92 Å². The molecular weight excluding hydrogens is 560 g/mol. The number of benzene rings is 1. The Bertz CT molecular complexity index is 1300. The van der Waals surface area contributed by atoms with Crippen LogP contribution in [0.15, 0.2) is 24.3 Å². The number of aryl methyl sites for hydroxylation is 1. The summed E-state index contributed by atoms with van der Waals surface area (Å²) in [5, 5.41) is 5.63. The van der Waals surface area contributed by atoms with E-state index in [0.717, 1.165) is 11.3 Å². The number of aromatic nitrogens is 1. The van der Waals surface area contributed by atoms with Crippen molar-refractivity contribution in [3.8, 4) is 0 Å². The van der Waals surface area contributed by atoms with Gasteiger partial charge in [0.1, 0.15) is 5.60 Å². The van der Waals surface area contributed by atoms with E-state index < -0.39 is 17.7 Å². The monoisotopic (exact) mass is 602 g/mol. The van der Waals surface area contributed by atoms with Gasteiger partial charge in [0.15, 0.2) is 0 Å². The summed E-state index contributed by atoms with van der Waals surface area (Å²) in [6.45, 7) is 10.5. The maximum atomic E-state index is 12.7. The van der Waals surface area contributed by atoms with E-state index in [-0.39, 0.29) is 24.8 Å². The molecule has 0 unspecified atom stereocenters. The summed E-state index contributed by atoms with van der Waals surface area (Å²) < 4.78 is 15.9. The fraction of sp³-hybridized carbons (Fsp3) is 0.467. The van der Waals surface area contributed by atoms with Crippen molar-refractivity contribution in [2.75, 3.05) is 51.5 Å². The predicted molar refractivity (Wildman–Crippen MR) is 166 cm³/mol. The van der Waals surface area contributed by atoms with E-state index in [0.29, 0.717) is 54.4 Å². The van der Waals surface area contributed by atoms with Crippen LogP contribution in [0.1, 0.15) is 60.6 Å². The van der Waals surface area contributed by atoms with Gasteiger partial charge in [-0.15, -0.1) is 0 Å². The summed E-state index contributed by atoms with van der Waals surface area (Å²) in [6.07, 6.45) is 3.02. The van der Waals surface area contributed by atoms with Crippen LogP contribution in [-0.4, -0.2) is 85.6 Å². The standard InChI is InChI=1S/C29H38N4O7.CH4S/c1-7-39-27(36)22-14-18(2)31-24(22)17-21-20-15-19(8-9-23(20)32-26(21)35)16-25(34)30-10-12-38-13-11-33(6)28(37)40-29(3,4)5;1-2/h8-9,14-15,17,31H,7,10-13,16H2,1-6H3,(H,30,34)(H,32,35);2H,1H3/b21-17-;. The zero-order chi connectivity index (χ0) is 31.4. The number of nitrogens with zero attached hydrogens (tertiary/aromatic N) is 1. The van der Waals surface area contributed by atoms with Gasteiger partial charge >= 0.3 is 12.1 Å². The molecule has 0 atom stereocenters. The minimum Gasteiger partial charge on any atom is -0.462 e. The summed E-state index contributed by atoms with van der Waals surface area (Å²) in [5.74, 6) is -0.961. The number of thiol groups is 1. The number of rotatable bonds is 11. The average molecular weight is 603 g/mol. The van der Waals surface area contributed by atoms with E-state index in [2.05, 4.69) is 28.2 Å². The number of likely N-dealkylation sites (N-methyl/N-ethyl adjacent to an activating group) is 1. The van der Waals surface area contributed by atoms with Crippen LogP contribution in [0.2, 0.25) is 0 Å². The van der Waals surface area contributed by atoms with Crippen molar-refractivity contribution in [1.29, 1.82) is 0 Å². The first-order valence-electron chi connectivity index (χ1n) is 13.6. The minimum atomic E-state index is -0.561. The molecule has 0 bridgehead atoms. The largest absolute Gasteiger partial charge is 0.462 e. The Kier molecular flexibility index (Phi) is 13.1. The second-order valence-corrected chi connectivity index (χ2v) is 10.4. The van der Waals surface area contributed by atoms with Crippen LogP contribution in [0.3, 0.4) is 0 Å². The number of anilines is 1. The fourth-order valence-corrected chi connectivity index (χ4v) is 3.98. The average Bonchev–Trinajstić information content (AvgIpc) is 3.44. The van der Waals surface area contributed by atoms with Gasteiger partial charge in [-0.1, -0.05) is 6.07 Å². The number of ether oxygens (including phenoxy) is 3. The van der Waals surface area contributed by atoms with E-state index in [9.17, 15) is 19.2 Å². The summed E-state index contributed by atoms with van der Waals surface area (Å²) >= 11 is 3.53. The molecule has 3 amide bonds. The highest BCUT2D eigenvalue weighted by Gasteiger charge is 2.26. The van der Waals surface area contributed by atoms with Gasteiger partial charge in [-0.25, -0.2) is 9.59 Å². The van der Waals surface area contributed by atoms with Gasteiger partial charge < -0.3 is 34.7 Å². The molecule has 0 saturated heterocycles. The van der Waals surface area contributed by atoms with Gasteiger partial charge in [0, 0.05) is 37.1 Å². The molecule has 0 spiro atoms. The molecule has 0 fully saturated rings. The lowest BCUT2D eigenvalue weighted by Crippen LogP contribution is -2.36. The Balaban J connectivity index is 0.00000301. The molecule has 0 saturated carbocycles. The molecule has 1 aromatic carbocycles. The highest BCUT2D eigenvalue weighted by Crippen LogP contribution is 2.34. The summed E-state index contributed by atoms with van der Waals surface area (Å²) in [6, 6.07) is 7.02. The minimum absolute atomic E-state index is 0.117. The third kappa shape index (κ3) is 10.3. The number of carbonyl (C=O) groups is 4. The van der Waals surface area contributed by atoms with Crippen LogP contribution >= 0.6 is 12.6 Å². The number of esters is 1. The number of carbonyl (C=O) groups excluding carboxylic acids is 4. The van der Waals surface area contributed by atoms with E-state index >= 15 is 0 Å². The molecule has 2 aromatic rings. The van der Waals surface area contributed by atoms with Crippen LogP contribution < -0.4 is 10.6 Å². The predicted octanol–water partition coefficient (Wildman–Crippen LogP) is 4.08. The Hall–Kier alpha value is -3.77. The van der Waals surface area contributed by atoms with E-state index in [1.165, 1.54) is 4.90 Å². The molecule has 0 radical (unpaired) electrons. The van der Waals surface area contributed by atoms with Crippen molar-refractivity contribution in [2.45, 2.75) is 46.6 Å². The van der Waals surface area contributed by atoms with Crippen LogP contribution in [-0.2, 0) is 30.2 Å². The third-order valence-electron chi connectivity index (χ3n) is 5.84. The number of H-pyrrole nitrogens is 1. The smallest absolute Gasteiger partial charge is 0.410 e. The Morgan fingerprint density at radius 2 is 1.83 bits per heavy atom. The van der Waals surface area contributed by atoms with Crippen molar-refractivity contribution in [1.82, 2.24) is 15.2 Å². The topological polar surface area (TPSA) is 139 Å². The second-order valence-electron chi connectivity index (χ2n) is 10.4. The zero-order valence-electron chi connectivity index (χ0n) is 25.4. The first-order valence-corrected chi connectivity index (χ1v) is 14.5. The molecule has 3 rings (SSSR count). The van der Waals surface area contributed by atoms with Crippen molar-refractivity contribution in [3.63, 3.8) is 0 Å². The van der Waals surface area contributed by atoms with Crippen molar-refractivity contribution in [3.05, 3.63) is 52.3 Å². The first kappa shape index (κ1) is 34.4. The highest BCUT2D eigenvalue weighted by atomic mass is 32.1. The molecule has 3 N–H and O–H groups in total. The number of amides is 3. The summed E-state index contributed by atoms with van der Waals surface area (Å²) in [5.41, 5.74) is 3.42. The lowest BCUT2D eigenvalue weighted by atomic mass is 10.0. The number of nitrogens with one attached hydrogen (secondary N) is 3. The number of hydrogen-bond donors (Lipinski definition) is 4. The number of fused-ring (bicyclic) bond motifs is 1. The molecular formula is C30H42N4O7S. The van der Waals surface area contributed by atoms with Crippen LogP contribution in [0.5, 0.6) is 0 Å². The van der Waals surface area contributed by atoms with Gasteiger partial charge in [-0.3, -0.25) is 9.59 Å². The van der Waals surface area contributed by atoms with Gasteiger partial charge in [0.05, 0.1) is 43.1 Å². The normalized spacial score (nSPS) is 13.0. The Morgan fingerprint density at radius 1 is 1.12 bits per heavy atom.